The van der Waals surface area contributed by atoms with Gasteiger partial charge in [-0.15, -0.1) is 0 Å². The van der Waals surface area contributed by atoms with E-state index in [0.717, 1.165) is 6.08 Å². The van der Waals surface area contributed by atoms with Crippen LogP contribution in [0.4, 0.5) is 23.2 Å². The van der Waals surface area contributed by atoms with Gasteiger partial charge >= 0.3 is 6.61 Å². The molecular formula is C18H15F4NO3S. The smallest absolute Gasteiger partial charge is 0.387 e. The van der Waals surface area contributed by atoms with Crippen LogP contribution in [-0.2, 0) is 4.79 Å². The van der Waals surface area contributed by atoms with Gasteiger partial charge < -0.3 is 14.8 Å². The number of hydrogen-bond donors (Lipinski definition) is 1. The molecule has 0 heterocycles. The van der Waals surface area contributed by atoms with E-state index < -0.39 is 18.3 Å². The minimum atomic E-state index is -3.06. The molecule has 2 aromatic rings. The molecule has 0 bridgehead atoms. The molecule has 1 amide bonds. The Morgan fingerprint density at radius 2 is 1.89 bits per heavy atom. The largest absolute Gasteiger partial charge is 0.493 e. The van der Waals surface area contributed by atoms with Crippen molar-refractivity contribution >= 4 is 29.4 Å². The first-order valence-electron chi connectivity index (χ1n) is 7.55. The molecule has 0 unspecified atom stereocenters. The normalized spacial score (nSPS) is 11.2. The quantitative estimate of drug-likeness (QED) is 0.372. The fraction of sp³-hybridized carbons (Fsp3) is 0.167. The average molecular weight is 401 g/mol. The summed E-state index contributed by atoms with van der Waals surface area (Å²) in [4.78, 5) is 12.3. The summed E-state index contributed by atoms with van der Waals surface area (Å²) in [5, 5.41) is 2.51. The van der Waals surface area contributed by atoms with Gasteiger partial charge in [0, 0.05) is 22.2 Å². The lowest BCUT2D eigenvalue weighted by Crippen LogP contribution is -2.08. The minimum Gasteiger partial charge on any atom is -0.493 e. The molecule has 2 rings (SSSR count). The van der Waals surface area contributed by atoms with Crippen LogP contribution in [0.3, 0.4) is 0 Å². The molecule has 1 N–H and O–H groups in total. The number of hydrogen-bond acceptors (Lipinski definition) is 4. The van der Waals surface area contributed by atoms with Gasteiger partial charge in [0.15, 0.2) is 11.5 Å². The van der Waals surface area contributed by atoms with E-state index in [1.54, 1.807) is 6.07 Å². The van der Waals surface area contributed by atoms with Crippen molar-refractivity contribution in [2.45, 2.75) is 17.3 Å². The number of rotatable bonds is 8. The Bertz CT molecular complexity index is 815. The second-order valence-corrected chi connectivity index (χ2v) is 6.05. The third kappa shape index (κ3) is 6.52. The first-order valence-corrected chi connectivity index (χ1v) is 8.42. The summed E-state index contributed by atoms with van der Waals surface area (Å²) in [6.07, 6.45) is 2.40. The summed E-state index contributed by atoms with van der Waals surface area (Å²) >= 11 is 0.358. The summed E-state index contributed by atoms with van der Waals surface area (Å²) in [5.74, 6) is -3.25. The predicted molar refractivity (Wildman–Crippen MR) is 95.6 cm³/mol. The van der Waals surface area contributed by atoms with Crippen LogP contribution < -0.4 is 14.8 Å². The zero-order chi connectivity index (χ0) is 19.8. The van der Waals surface area contributed by atoms with E-state index in [-0.39, 0.29) is 17.1 Å². The van der Waals surface area contributed by atoms with Gasteiger partial charge in [0.2, 0.25) is 5.91 Å². The van der Waals surface area contributed by atoms with Crippen LogP contribution in [0.1, 0.15) is 5.56 Å². The third-order valence-electron chi connectivity index (χ3n) is 3.18. The summed E-state index contributed by atoms with van der Waals surface area (Å²) in [5.41, 5.74) is 0.539. The first-order chi connectivity index (χ1) is 12.9. The molecule has 0 fully saturated rings. The highest BCUT2D eigenvalue weighted by molar-refractivity contribution is 7.99. The molecule has 0 atom stereocenters. The highest BCUT2D eigenvalue weighted by atomic mass is 32.2. The topological polar surface area (TPSA) is 47.6 Å². The van der Waals surface area contributed by atoms with Crippen molar-refractivity contribution in [3.63, 3.8) is 0 Å². The fourth-order valence-corrected chi connectivity index (χ4v) is 2.70. The lowest BCUT2D eigenvalue weighted by molar-refractivity contribution is -0.111. The van der Waals surface area contributed by atoms with E-state index in [1.807, 2.05) is 0 Å². The zero-order valence-electron chi connectivity index (χ0n) is 14.0. The molecule has 9 heteroatoms. The van der Waals surface area contributed by atoms with E-state index in [9.17, 15) is 22.4 Å². The summed E-state index contributed by atoms with van der Waals surface area (Å²) in [7, 11) is 1.30. The lowest BCUT2D eigenvalue weighted by atomic mass is 10.1. The molecule has 0 aliphatic heterocycles. The number of para-hydroxylation sites is 1. The maximum absolute atomic E-state index is 12.6. The van der Waals surface area contributed by atoms with Crippen LogP contribution in [0.2, 0.25) is 0 Å². The zero-order valence-corrected chi connectivity index (χ0v) is 14.8. The molecule has 0 aromatic heterocycles. The molecular weight excluding hydrogens is 386 g/mol. The highest BCUT2D eigenvalue weighted by Gasteiger charge is 2.14. The van der Waals surface area contributed by atoms with Gasteiger partial charge in [-0.05, 0) is 30.3 Å². The van der Waals surface area contributed by atoms with Gasteiger partial charge in [0.25, 0.3) is 5.76 Å². The number of thioether (sulfide) groups is 1. The van der Waals surface area contributed by atoms with Crippen molar-refractivity contribution < 1.29 is 31.8 Å². The number of benzene rings is 2. The van der Waals surface area contributed by atoms with Crippen molar-refractivity contribution in [2.75, 3.05) is 12.4 Å². The van der Waals surface area contributed by atoms with Crippen molar-refractivity contribution in [3.8, 4) is 11.5 Å². The number of alkyl halides is 4. The minimum absolute atomic E-state index is 0.0922. The second kappa shape index (κ2) is 9.86. The van der Waals surface area contributed by atoms with Gasteiger partial charge in [-0.1, -0.05) is 30.0 Å². The van der Waals surface area contributed by atoms with Crippen molar-refractivity contribution in [1.82, 2.24) is 0 Å². The lowest BCUT2D eigenvalue weighted by Gasteiger charge is -2.12. The molecule has 4 nitrogen and oxygen atoms in total. The SMILES string of the molecule is COc1cccc(/C=C/C(=O)Nc2cccc(SC(F)F)c2)c1OC(F)F. The van der Waals surface area contributed by atoms with Crippen LogP contribution in [-0.4, -0.2) is 25.4 Å². The number of nitrogens with one attached hydrogen (secondary N) is 1. The number of ether oxygens (including phenoxy) is 2. The summed E-state index contributed by atoms with van der Waals surface area (Å²) in [6, 6.07) is 10.4. The van der Waals surface area contributed by atoms with Crippen LogP contribution >= 0.6 is 11.8 Å². The van der Waals surface area contributed by atoms with Crippen molar-refractivity contribution in [1.29, 1.82) is 0 Å². The van der Waals surface area contributed by atoms with E-state index in [1.165, 1.54) is 49.6 Å². The van der Waals surface area contributed by atoms with Gasteiger partial charge in [0.1, 0.15) is 0 Å². The predicted octanol–water partition coefficient (Wildman–Crippen LogP) is 5.26. The van der Waals surface area contributed by atoms with Gasteiger partial charge in [-0.2, -0.15) is 17.6 Å². The van der Waals surface area contributed by atoms with Crippen LogP contribution in [0.25, 0.3) is 6.08 Å². The molecule has 0 saturated carbocycles. The number of carbonyl (C=O) groups excluding carboxylic acids is 1. The van der Waals surface area contributed by atoms with Crippen LogP contribution in [0.15, 0.2) is 53.4 Å². The Balaban J connectivity index is 2.13. The maximum Gasteiger partial charge on any atom is 0.387 e. The Morgan fingerprint density at radius 3 is 2.56 bits per heavy atom. The van der Waals surface area contributed by atoms with E-state index in [2.05, 4.69) is 10.1 Å². The Labute approximate surface area is 157 Å². The summed E-state index contributed by atoms with van der Waals surface area (Å²) < 4.78 is 59.4. The summed E-state index contributed by atoms with van der Waals surface area (Å²) in [6.45, 7) is -3.06. The van der Waals surface area contributed by atoms with Crippen LogP contribution in [0.5, 0.6) is 11.5 Å². The number of halogens is 4. The second-order valence-electron chi connectivity index (χ2n) is 4.99. The monoisotopic (exact) mass is 401 g/mol. The molecule has 2 aromatic carbocycles. The third-order valence-corrected chi connectivity index (χ3v) is 3.88. The average Bonchev–Trinajstić information content (AvgIpc) is 2.60. The number of anilines is 1. The maximum atomic E-state index is 12.6. The molecule has 0 aliphatic carbocycles. The standard InChI is InChI=1S/C18H15F4NO3S/c1-25-14-7-2-4-11(16(14)26-17(19)20)8-9-15(24)23-12-5-3-6-13(10-12)27-18(21)22/h2-10,17-18H,1H3,(H,23,24)/b9-8+. The fourth-order valence-electron chi connectivity index (χ4n) is 2.14. The number of carbonyl (C=O) groups is 1. The van der Waals surface area contributed by atoms with Gasteiger partial charge in [0.05, 0.1) is 7.11 Å². The highest BCUT2D eigenvalue weighted by Crippen LogP contribution is 2.33. The van der Waals surface area contributed by atoms with Crippen molar-refractivity contribution in [3.05, 3.63) is 54.1 Å². The Morgan fingerprint density at radius 1 is 1.15 bits per heavy atom. The van der Waals surface area contributed by atoms with Gasteiger partial charge in [-0.3, -0.25) is 4.79 Å². The molecule has 0 aliphatic rings. The molecule has 0 spiro atoms. The Kier molecular flexibility index (Phi) is 7.54. The molecule has 27 heavy (non-hydrogen) atoms. The number of amides is 1. The van der Waals surface area contributed by atoms with Crippen molar-refractivity contribution in [2.24, 2.45) is 0 Å². The van der Waals surface area contributed by atoms with E-state index >= 15 is 0 Å². The molecule has 144 valence electrons. The first kappa shape index (κ1) is 20.6. The van der Waals surface area contributed by atoms with Gasteiger partial charge in [-0.25, -0.2) is 0 Å². The molecule has 0 saturated heterocycles. The van der Waals surface area contributed by atoms with E-state index in [4.69, 9.17) is 4.74 Å². The molecule has 0 radical (unpaired) electrons. The van der Waals surface area contributed by atoms with Crippen LogP contribution in [0, 0.1) is 0 Å². The Hall–Kier alpha value is -2.68. The number of methoxy groups -OCH3 is 1. The van der Waals surface area contributed by atoms with E-state index in [0.29, 0.717) is 22.3 Å².